The molecule has 6 rings (SSSR count). The lowest BCUT2D eigenvalue weighted by Gasteiger charge is -2.13. The highest BCUT2D eigenvalue weighted by molar-refractivity contribution is 6.30. The Labute approximate surface area is 224 Å². The molecule has 0 fully saturated rings. The molecule has 0 atom stereocenters. The van der Waals surface area contributed by atoms with E-state index in [0.29, 0.717) is 34.1 Å². The summed E-state index contributed by atoms with van der Waals surface area (Å²) >= 11 is 6.03. The van der Waals surface area contributed by atoms with Crippen molar-refractivity contribution in [3.05, 3.63) is 142 Å². The number of ether oxygens (including phenoxy) is 1. The highest BCUT2D eigenvalue weighted by atomic mass is 35.5. The number of para-hydroxylation sites is 1. The van der Waals surface area contributed by atoms with Gasteiger partial charge in [0.2, 0.25) is 0 Å². The fourth-order valence-corrected chi connectivity index (χ4v) is 4.52. The first-order valence-electron chi connectivity index (χ1n) is 12.2. The first-order chi connectivity index (χ1) is 18.7. The van der Waals surface area contributed by atoms with Crippen molar-refractivity contribution in [2.24, 2.45) is 5.10 Å². The highest BCUT2D eigenvalue weighted by Crippen LogP contribution is 2.28. The fourth-order valence-electron chi connectivity index (χ4n) is 4.40. The third-order valence-corrected chi connectivity index (χ3v) is 6.58. The van der Waals surface area contributed by atoms with Gasteiger partial charge in [-0.3, -0.25) is 4.79 Å². The summed E-state index contributed by atoms with van der Waals surface area (Å²) in [6.07, 6.45) is 1.68. The third-order valence-electron chi connectivity index (χ3n) is 6.33. The van der Waals surface area contributed by atoms with Crippen LogP contribution >= 0.6 is 11.6 Å². The van der Waals surface area contributed by atoms with Gasteiger partial charge in [0.25, 0.3) is 5.56 Å². The number of hydrogen-bond acceptors (Lipinski definition) is 4. The minimum Gasteiger partial charge on any atom is -0.488 e. The van der Waals surface area contributed by atoms with Crippen molar-refractivity contribution in [2.45, 2.75) is 6.61 Å². The second-order valence-electron chi connectivity index (χ2n) is 8.79. The van der Waals surface area contributed by atoms with Crippen LogP contribution in [0.15, 0.2) is 125 Å². The molecule has 0 saturated heterocycles. The normalized spacial score (nSPS) is 11.4. The number of benzene rings is 5. The summed E-state index contributed by atoms with van der Waals surface area (Å²) in [5.74, 6) is 1.12. The Bertz CT molecular complexity index is 1850. The molecule has 0 unspecified atom stereocenters. The van der Waals surface area contributed by atoms with Crippen LogP contribution in [-0.2, 0) is 6.61 Å². The molecule has 0 bridgehead atoms. The monoisotopic (exact) mass is 515 g/mol. The second kappa shape index (κ2) is 10.3. The van der Waals surface area contributed by atoms with Gasteiger partial charge >= 0.3 is 0 Å². The predicted molar refractivity (Wildman–Crippen MR) is 154 cm³/mol. The second-order valence-corrected chi connectivity index (χ2v) is 9.23. The molecule has 0 saturated carbocycles. The maximum absolute atomic E-state index is 13.6. The van der Waals surface area contributed by atoms with E-state index in [2.05, 4.69) is 0 Å². The maximum atomic E-state index is 13.6. The fraction of sp³-hybridized carbons (Fsp3) is 0.0312. The molecule has 0 spiro atoms. The zero-order chi connectivity index (χ0) is 25.9. The van der Waals surface area contributed by atoms with Gasteiger partial charge in [-0.2, -0.15) is 9.78 Å². The number of hydrogen-bond donors (Lipinski definition) is 0. The molecule has 5 aromatic carbocycles. The Morgan fingerprint density at radius 3 is 2.32 bits per heavy atom. The van der Waals surface area contributed by atoms with Crippen LogP contribution in [0.2, 0.25) is 5.02 Å². The summed E-state index contributed by atoms with van der Waals surface area (Å²) in [7, 11) is 0. The van der Waals surface area contributed by atoms with Crippen LogP contribution in [0.5, 0.6) is 5.75 Å². The first kappa shape index (κ1) is 23.6. The summed E-state index contributed by atoms with van der Waals surface area (Å²) in [5, 5.41) is 7.88. The molecule has 0 radical (unpaired) electrons. The summed E-state index contributed by atoms with van der Waals surface area (Å²) in [5.41, 5.74) is 2.95. The van der Waals surface area contributed by atoms with Gasteiger partial charge in [0.05, 0.1) is 17.1 Å². The first-order valence-corrected chi connectivity index (χ1v) is 12.6. The van der Waals surface area contributed by atoms with Crippen LogP contribution in [0, 0.1) is 0 Å². The van der Waals surface area contributed by atoms with E-state index in [-0.39, 0.29) is 5.56 Å². The average Bonchev–Trinajstić information content (AvgIpc) is 2.97. The molecule has 184 valence electrons. The smallest absolute Gasteiger partial charge is 0.282 e. The Morgan fingerprint density at radius 1 is 0.789 bits per heavy atom. The van der Waals surface area contributed by atoms with Crippen molar-refractivity contribution in [1.82, 2.24) is 9.66 Å². The molecule has 0 aliphatic carbocycles. The van der Waals surface area contributed by atoms with Crippen molar-refractivity contribution in [1.29, 1.82) is 0 Å². The molecular weight excluding hydrogens is 494 g/mol. The Balaban J connectivity index is 1.48. The Morgan fingerprint density at radius 2 is 1.50 bits per heavy atom. The van der Waals surface area contributed by atoms with Gasteiger partial charge in [0.15, 0.2) is 5.82 Å². The van der Waals surface area contributed by atoms with Crippen molar-refractivity contribution in [3.8, 4) is 17.1 Å². The molecular formula is C32H22ClN3O2. The Hall–Kier alpha value is -4.74. The van der Waals surface area contributed by atoms with Gasteiger partial charge in [-0.25, -0.2) is 4.98 Å². The van der Waals surface area contributed by atoms with E-state index >= 15 is 0 Å². The van der Waals surface area contributed by atoms with Gasteiger partial charge in [-0.15, -0.1) is 0 Å². The van der Waals surface area contributed by atoms with Crippen LogP contribution in [-0.4, -0.2) is 15.9 Å². The van der Waals surface area contributed by atoms with Crippen LogP contribution in [0.1, 0.15) is 11.1 Å². The van der Waals surface area contributed by atoms with Gasteiger partial charge in [-0.05, 0) is 46.7 Å². The quantitative estimate of drug-likeness (QED) is 0.218. The summed E-state index contributed by atoms with van der Waals surface area (Å²) in [4.78, 5) is 18.4. The molecule has 0 aliphatic rings. The average molecular weight is 516 g/mol. The predicted octanol–water partition coefficient (Wildman–Crippen LogP) is 7.33. The molecule has 5 nitrogen and oxygen atoms in total. The summed E-state index contributed by atoms with van der Waals surface area (Å²) in [6.45, 7) is 0.364. The number of halogens is 1. The van der Waals surface area contributed by atoms with Gasteiger partial charge in [-0.1, -0.05) is 96.5 Å². The van der Waals surface area contributed by atoms with E-state index in [1.165, 1.54) is 4.68 Å². The van der Waals surface area contributed by atoms with Gasteiger partial charge < -0.3 is 4.74 Å². The zero-order valence-corrected chi connectivity index (χ0v) is 21.0. The molecule has 1 aromatic heterocycles. The Kier molecular flexibility index (Phi) is 6.42. The largest absolute Gasteiger partial charge is 0.488 e. The van der Waals surface area contributed by atoms with E-state index in [1.54, 1.807) is 12.3 Å². The van der Waals surface area contributed by atoms with Crippen molar-refractivity contribution >= 4 is 39.5 Å². The number of rotatable bonds is 6. The van der Waals surface area contributed by atoms with Gasteiger partial charge in [0.1, 0.15) is 12.4 Å². The molecule has 6 aromatic rings. The summed E-state index contributed by atoms with van der Waals surface area (Å²) in [6, 6.07) is 36.4. The van der Waals surface area contributed by atoms with E-state index in [0.717, 1.165) is 27.5 Å². The minimum absolute atomic E-state index is 0.241. The van der Waals surface area contributed by atoms with E-state index in [1.807, 2.05) is 109 Å². The third kappa shape index (κ3) is 4.67. The van der Waals surface area contributed by atoms with E-state index < -0.39 is 0 Å². The standard InChI is InChI=1S/C32H22ClN3O2/c33-25-17-14-22(15-18-25)21-38-30-19-16-23-8-4-5-11-26(23)28(30)20-34-36-31(24-9-2-1-3-10-24)35-29-13-7-6-12-27(29)32(36)37/h1-20H,21H2. The maximum Gasteiger partial charge on any atom is 0.282 e. The van der Waals surface area contributed by atoms with E-state index in [4.69, 9.17) is 26.4 Å². The molecule has 0 N–H and O–H groups in total. The van der Waals surface area contributed by atoms with Gasteiger partial charge in [0, 0.05) is 16.1 Å². The van der Waals surface area contributed by atoms with Crippen molar-refractivity contribution in [3.63, 3.8) is 0 Å². The number of nitrogens with zero attached hydrogens (tertiary/aromatic N) is 3. The van der Waals surface area contributed by atoms with Crippen molar-refractivity contribution < 1.29 is 4.74 Å². The lowest BCUT2D eigenvalue weighted by Crippen LogP contribution is -2.20. The topological polar surface area (TPSA) is 56.5 Å². The van der Waals surface area contributed by atoms with Crippen molar-refractivity contribution in [2.75, 3.05) is 0 Å². The lowest BCUT2D eigenvalue weighted by molar-refractivity contribution is 0.306. The number of fused-ring (bicyclic) bond motifs is 2. The molecule has 1 heterocycles. The highest BCUT2D eigenvalue weighted by Gasteiger charge is 2.13. The molecule has 6 heteroatoms. The zero-order valence-electron chi connectivity index (χ0n) is 20.3. The van der Waals surface area contributed by atoms with Crippen LogP contribution in [0.25, 0.3) is 33.1 Å². The molecule has 0 aliphatic heterocycles. The molecule has 38 heavy (non-hydrogen) atoms. The van der Waals surface area contributed by atoms with Crippen LogP contribution in [0.4, 0.5) is 0 Å². The molecule has 0 amide bonds. The van der Waals surface area contributed by atoms with E-state index in [9.17, 15) is 4.79 Å². The van der Waals surface area contributed by atoms with Crippen LogP contribution in [0.3, 0.4) is 0 Å². The lowest BCUT2D eigenvalue weighted by atomic mass is 10.0. The summed E-state index contributed by atoms with van der Waals surface area (Å²) < 4.78 is 7.60. The number of aromatic nitrogens is 2. The SMILES string of the molecule is O=c1c2ccccc2nc(-c2ccccc2)n1N=Cc1c(OCc2ccc(Cl)cc2)ccc2ccccc12. The minimum atomic E-state index is -0.241. The van der Waals surface area contributed by atoms with Crippen LogP contribution < -0.4 is 10.3 Å².